The molecule has 2 aromatic rings. The zero-order valence-corrected chi connectivity index (χ0v) is 15.3. The van der Waals surface area contributed by atoms with Crippen LogP contribution in [0.1, 0.15) is 0 Å². The molecule has 8 heteroatoms. The molecule has 0 heterocycles. The Morgan fingerprint density at radius 2 is 1.62 bits per heavy atom. The Kier molecular flexibility index (Phi) is 6.09. The van der Waals surface area contributed by atoms with E-state index in [1.165, 1.54) is 45.6 Å². The first kappa shape index (κ1) is 19.1. The van der Waals surface area contributed by atoms with E-state index in [1.807, 2.05) is 0 Å². The standard InChI is InChI=1S/C18H18N2O5S/c1-23-13-4-7-15(8-5-13)26(21,22)16(11-19)12-20-17-10-14(24-2)6-9-18(17)25-3/h4-10,12,20H,1-3H3/b16-12-. The summed E-state index contributed by atoms with van der Waals surface area (Å²) in [6.07, 6.45) is 1.12. The first-order valence-corrected chi connectivity index (χ1v) is 8.92. The number of anilines is 1. The van der Waals surface area contributed by atoms with Crippen LogP contribution in [0.3, 0.4) is 0 Å². The molecule has 0 amide bonds. The van der Waals surface area contributed by atoms with Crippen molar-refractivity contribution in [3.05, 3.63) is 53.6 Å². The first-order chi connectivity index (χ1) is 12.5. The van der Waals surface area contributed by atoms with E-state index in [2.05, 4.69) is 5.32 Å². The molecule has 0 saturated heterocycles. The lowest BCUT2D eigenvalue weighted by Crippen LogP contribution is -2.06. The van der Waals surface area contributed by atoms with Gasteiger partial charge in [-0.2, -0.15) is 5.26 Å². The fraction of sp³-hybridized carbons (Fsp3) is 0.167. The first-order valence-electron chi connectivity index (χ1n) is 7.44. The number of methoxy groups -OCH3 is 3. The van der Waals surface area contributed by atoms with Crippen LogP contribution < -0.4 is 19.5 Å². The molecule has 0 aliphatic carbocycles. The van der Waals surface area contributed by atoms with Crippen molar-refractivity contribution in [3.63, 3.8) is 0 Å². The number of hydrogen-bond donors (Lipinski definition) is 1. The van der Waals surface area contributed by atoms with Crippen molar-refractivity contribution >= 4 is 15.5 Å². The normalized spacial score (nSPS) is 11.4. The third kappa shape index (κ3) is 4.07. The van der Waals surface area contributed by atoms with Crippen LogP contribution in [0.2, 0.25) is 0 Å². The Labute approximate surface area is 152 Å². The van der Waals surface area contributed by atoms with E-state index in [0.717, 1.165) is 6.20 Å². The van der Waals surface area contributed by atoms with E-state index in [9.17, 15) is 13.7 Å². The maximum Gasteiger partial charge on any atom is 0.218 e. The molecule has 2 rings (SSSR count). The number of benzene rings is 2. The van der Waals surface area contributed by atoms with E-state index in [-0.39, 0.29) is 4.90 Å². The van der Waals surface area contributed by atoms with Crippen LogP contribution in [-0.4, -0.2) is 29.7 Å². The molecule has 0 aromatic heterocycles. The molecule has 0 spiro atoms. The number of nitrogens with one attached hydrogen (secondary N) is 1. The summed E-state index contributed by atoms with van der Waals surface area (Å²) >= 11 is 0. The van der Waals surface area contributed by atoms with Crippen LogP contribution in [0, 0.1) is 11.3 Å². The Morgan fingerprint density at radius 3 is 2.15 bits per heavy atom. The lowest BCUT2D eigenvalue weighted by molar-refractivity contribution is 0.405. The molecule has 1 N–H and O–H groups in total. The van der Waals surface area contributed by atoms with Gasteiger partial charge in [-0.25, -0.2) is 8.42 Å². The maximum absolute atomic E-state index is 12.6. The average molecular weight is 374 g/mol. The van der Waals surface area contributed by atoms with Crippen molar-refractivity contribution < 1.29 is 22.6 Å². The van der Waals surface area contributed by atoms with Crippen molar-refractivity contribution in [2.45, 2.75) is 4.90 Å². The van der Waals surface area contributed by atoms with Gasteiger partial charge in [0.15, 0.2) is 4.91 Å². The van der Waals surface area contributed by atoms with Gasteiger partial charge in [0.1, 0.15) is 23.3 Å². The summed E-state index contributed by atoms with van der Waals surface area (Å²) in [6.45, 7) is 0. The molecule has 0 fully saturated rings. The minimum Gasteiger partial charge on any atom is -0.497 e. The van der Waals surface area contributed by atoms with Crippen LogP contribution >= 0.6 is 0 Å². The zero-order chi connectivity index (χ0) is 19.2. The highest BCUT2D eigenvalue weighted by Crippen LogP contribution is 2.29. The number of ether oxygens (including phenoxy) is 3. The Hall–Kier alpha value is -3.18. The fourth-order valence-electron chi connectivity index (χ4n) is 2.12. The van der Waals surface area contributed by atoms with Gasteiger partial charge >= 0.3 is 0 Å². The maximum atomic E-state index is 12.6. The minimum atomic E-state index is -3.97. The number of sulfone groups is 1. The van der Waals surface area contributed by atoms with Crippen LogP contribution in [0.25, 0.3) is 0 Å². The molecule has 0 saturated carbocycles. The summed E-state index contributed by atoms with van der Waals surface area (Å²) in [7, 11) is 0.502. The number of nitriles is 1. The Balaban J connectivity index is 2.37. The van der Waals surface area contributed by atoms with Crippen molar-refractivity contribution in [2.75, 3.05) is 26.6 Å². The SMILES string of the molecule is COc1ccc(S(=O)(=O)/C(C#N)=C\Nc2cc(OC)ccc2OC)cc1. The highest BCUT2D eigenvalue weighted by Gasteiger charge is 2.21. The number of nitrogens with zero attached hydrogens (tertiary/aromatic N) is 1. The largest absolute Gasteiger partial charge is 0.497 e. The Morgan fingerprint density at radius 1 is 1.00 bits per heavy atom. The van der Waals surface area contributed by atoms with Gasteiger partial charge in [0.25, 0.3) is 0 Å². The van der Waals surface area contributed by atoms with Gasteiger partial charge in [-0.1, -0.05) is 0 Å². The van der Waals surface area contributed by atoms with E-state index < -0.39 is 14.7 Å². The molecule has 0 atom stereocenters. The van der Waals surface area contributed by atoms with Gasteiger partial charge in [0.2, 0.25) is 9.84 Å². The molecule has 0 bridgehead atoms. The van der Waals surface area contributed by atoms with Gasteiger partial charge < -0.3 is 19.5 Å². The lowest BCUT2D eigenvalue weighted by Gasteiger charge is -2.11. The van der Waals surface area contributed by atoms with Crippen LogP contribution in [0.4, 0.5) is 5.69 Å². The predicted octanol–water partition coefficient (Wildman–Crippen LogP) is 2.96. The van der Waals surface area contributed by atoms with Crippen molar-refractivity contribution in [1.82, 2.24) is 0 Å². The quantitative estimate of drug-likeness (QED) is 0.744. The fourth-order valence-corrected chi connectivity index (χ4v) is 3.20. The van der Waals surface area contributed by atoms with E-state index >= 15 is 0 Å². The second-order valence-electron chi connectivity index (χ2n) is 5.01. The van der Waals surface area contributed by atoms with E-state index in [4.69, 9.17) is 14.2 Å². The molecule has 26 heavy (non-hydrogen) atoms. The molecule has 0 aliphatic heterocycles. The van der Waals surface area contributed by atoms with Crippen molar-refractivity contribution in [1.29, 1.82) is 5.26 Å². The van der Waals surface area contributed by atoms with Crippen LogP contribution in [0.15, 0.2) is 58.5 Å². The van der Waals surface area contributed by atoms with E-state index in [0.29, 0.717) is 22.9 Å². The summed E-state index contributed by atoms with van der Waals surface area (Å²) in [5, 5.41) is 12.1. The smallest absolute Gasteiger partial charge is 0.218 e. The van der Waals surface area contributed by atoms with Crippen LogP contribution in [-0.2, 0) is 9.84 Å². The van der Waals surface area contributed by atoms with Gasteiger partial charge in [0.05, 0.1) is 31.9 Å². The number of rotatable bonds is 7. The highest BCUT2D eigenvalue weighted by molar-refractivity contribution is 7.95. The average Bonchev–Trinajstić information content (AvgIpc) is 2.68. The van der Waals surface area contributed by atoms with Gasteiger partial charge in [-0.15, -0.1) is 0 Å². The molecule has 0 radical (unpaired) electrons. The summed E-state index contributed by atoms with van der Waals surface area (Å²) in [6, 6.07) is 12.5. The van der Waals surface area contributed by atoms with Gasteiger partial charge in [-0.05, 0) is 36.4 Å². The summed E-state index contributed by atoms with van der Waals surface area (Å²) in [5.41, 5.74) is 0.463. The molecule has 0 aliphatic rings. The molecule has 7 nitrogen and oxygen atoms in total. The molecule has 2 aromatic carbocycles. The third-order valence-electron chi connectivity index (χ3n) is 3.53. The van der Waals surface area contributed by atoms with Crippen molar-refractivity contribution in [3.8, 4) is 23.3 Å². The summed E-state index contributed by atoms with van der Waals surface area (Å²) in [5.74, 6) is 1.55. The Bertz CT molecular complexity index is 945. The molecular weight excluding hydrogens is 356 g/mol. The van der Waals surface area contributed by atoms with Gasteiger partial charge in [-0.3, -0.25) is 0 Å². The highest BCUT2D eigenvalue weighted by atomic mass is 32.2. The van der Waals surface area contributed by atoms with Crippen molar-refractivity contribution in [2.24, 2.45) is 0 Å². The van der Waals surface area contributed by atoms with E-state index in [1.54, 1.807) is 24.3 Å². The second-order valence-corrected chi connectivity index (χ2v) is 6.93. The summed E-state index contributed by atoms with van der Waals surface area (Å²) < 4.78 is 40.6. The lowest BCUT2D eigenvalue weighted by atomic mass is 10.2. The predicted molar refractivity (Wildman–Crippen MR) is 97.0 cm³/mol. The third-order valence-corrected chi connectivity index (χ3v) is 5.22. The zero-order valence-electron chi connectivity index (χ0n) is 14.5. The molecule has 0 unspecified atom stereocenters. The van der Waals surface area contributed by atoms with Crippen LogP contribution in [0.5, 0.6) is 17.2 Å². The molecular formula is C18H18N2O5S. The minimum absolute atomic E-state index is 0.00879. The number of allylic oxidation sites excluding steroid dienone is 1. The van der Waals surface area contributed by atoms with Gasteiger partial charge in [0, 0.05) is 12.3 Å². The monoisotopic (exact) mass is 374 g/mol. The molecule has 136 valence electrons. The number of hydrogen-bond acceptors (Lipinski definition) is 7. The topological polar surface area (TPSA) is 97.7 Å². The second kappa shape index (κ2) is 8.27. The summed E-state index contributed by atoms with van der Waals surface area (Å²) in [4.78, 5) is -0.446.